The van der Waals surface area contributed by atoms with Crippen molar-refractivity contribution in [2.75, 3.05) is 31.3 Å². The van der Waals surface area contributed by atoms with E-state index in [1.165, 1.54) is 5.69 Å². The SMILES string of the molecule is C=CC[N+]1(CC=C)C=NCN(c2ccccc2)C1. The summed E-state index contributed by atoms with van der Waals surface area (Å²) in [7, 11) is 0. The number of rotatable bonds is 5. The van der Waals surface area contributed by atoms with Crippen LogP contribution in [0.4, 0.5) is 5.69 Å². The molecule has 0 atom stereocenters. The van der Waals surface area contributed by atoms with Crippen LogP contribution in [0.1, 0.15) is 0 Å². The number of hydrogen-bond acceptors (Lipinski definition) is 2. The van der Waals surface area contributed by atoms with Crippen molar-refractivity contribution < 1.29 is 4.48 Å². The lowest BCUT2D eigenvalue weighted by Crippen LogP contribution is -2.56. The molecule has 0 spiro atoms. The van der Waals surface area contributed by atoms with Crippen LogP contribution in [0.15, 0.2) is 60.6 Å². The first-order chi connectivity index (χ1) is 8.79. The van der Waals surface area contributed by atoms with Crippen LogP contribution in [-0.2, 0) is 0 Å². The summed E-state index contributed by atoms with van der Waals surface area (Å²) in [4.78, 5) is 6.79. The number of anilines is 1. The first kappa shape index (κ1) is 12.6. The number of quaternary nitrogens is 1. The van der Waals surface area contributed by atoms with Crippen LogP contribution < -0.4 is 4.90 Å². The van der Waals surface area contributed by atoms with E-state index in [4.69, 9.17) is 0 Å². The molecular weight excluding hydrogens is 222 g/mol. The maximum absolute atomic E-state index is 4.50. The highest BCUT2D eigenvalue weighted by Gasteiger charge is 2.29. The van der Waals surface area contributed by atoms with Crippen LogP contribution in [0, 0.1) is 0 Å². The number of aliphatic imine (C=N–C) groups is 1. The van der Waals surface area contributed by atoms with E-state index in [-0.39, 0.29) is 0 Å². The van der Waals surface area contributed by atoms with Gasteiger partial charge in [0.05, 0.1) is 0 Å². The van der Waals surface area contributed by atoms with E-state index in [1.807, 2.05) is 24.6 Å². The van der Waals surface area contributed by atoms with Crippen molar-refractivity contribution in [3.8, 4) is 0 Å². The highest BCUT2D eigenvalue weighted by atomic mass is 15.5. The summed E-state index contributed by atoms with van der Waals surface area (Å²) in [6.45, 7) is 11.1. The number of benzene rings is 1. The molecule has 0 bridgehead atoms. The van der Waals surface area contributed by atoms with Crippen molar-refractivity contribution in [2.45, 2.75) is 0 Å². The van der Waals surface area contributed by atoms with Gasteiger partial charge in [0.15, 0.2) is 13.0 Å². The van der Waals surface area contributed by atoms with Crippen LogP contribution in [0.25, 0.3) is 0 Å². The standard InChI is InChI=1S/C15H20N3/c1-3-10-18(11-4-2)13-16-12-17(14-18)15-8-6-5-7-9-15/h3-9,13H,1-2,10-12,14H2/q+1. The zero-order chi connectivity index (χ0) is 12.8. The second-order valence-electron chi connectivity index (χ2n) is 4.62. The number of hydrogen-bond donors (Lipinski definition) is 0. The molecule has 94 valence electrons. The molecule has 0 N–H and O–H groups in total. The molecule has 0 saturated heterocycles. The van der Waals surface area contributed by atoms with Crippen molar-refractivity contribution in [3.63, 3.8) is 0 Å². The number of nitrogens with zero attached hydrogens (tertiary/aromatic N) is 3. The average Bonchev–Trinajstić information content (AvgIpc) is 2.40. The van der Waals surface area contributed by atoms with Gasteiger partial charge in [-0.15, -0.1) is 0 Å². The monoisotopic (exact) mass is 242 g/mol. The summed E-state index contributed by atoms with van der Waals surface area (Å²) in [6, 6.07) is 10.4. The molecule has 18 heavy (non-hydrogen) atoms. The van der Waals surface area contributed by atoms with E-state index < -0.39 is 0 Å². The largest absolute Gasteiger partial charge is 0.305 e. The van der Waals surface area contributed by atoms with Gasteiger partial charge in [0.2, 0.25) is 0 Å². The fourth-order valence-corrected chi connectivity index (χ4v) is 2.33. The van der Waals surface area contributed by atoms with E-state index in [0.717, 1.165) is 30.9 Å². The molecule has 1 aromatic rings. The average molecular weight is 242 g/mol. The van der Waals surface area contributed by atoms with Crippen molar-refractivity contribution in [1.29, 1.82) is 0 Å². The fourth-order valence-electron chi connectivity index (χ4n) is 2.33. The Morgan fingerprint density at radius 2 is 1.83 bits per heavy atom. The maximum atomic E-state index is 4.50. The van der Waals surface area contributed by atoms with Gasteiger partial charge in [-0.2, -0.15) is 0 Å². The molecule has 0 unspecified atom stereocenters. The second-order valence-corrected chi connectivity index (χ2v) is 4.62. The normalized spacial score (nSPS) is 17.4. The minimum Gasteiger partial charge on any atom is -0.305 e. The maximum Gasteiger partial charge on any atom is 0.189 e. The van der Waals surface area contributed by atoms with Gasteiger partial charge in [-0.25, -0.2) is 4.99 Å². The van der Waals surface area contributed by atoms with Crippen LogP contribution in [-0.4, -0.2) is 37.2 Å². The van der Waals surface area contributed by atoms with Crippen molar-refractivity contribution in [3.05, 3.63) is 55.6 Å². The van der Waals surface area contributed by atoms with E-state index in [2.05, 4.69) is 47.3 Å². The molecule has 0 fully saturated rings. The van der Waals surface area contributed by atoms with Gasteiger partial charge in [-0.1, -0.05) is 31.4 Å². The van der Waals surface area contributed by atoms with Gasteiger partial charge in [0.25, 0.3) is 0 Å². The summed E-state index contributed by atoms with van der Waals surface area (Å²) >= 11 is 0. The third kappa shape index (κ3) is 2.68. The lowest BCUT2D eigenvalue weighted by Gasteiger charge is -2.40. The Morgan fingerprint density at radius 3 is 2.44 bits per heavy atom. The van der Waals surface area contributed by atoms with Gasteiger partial charge in [-0.3, -0.25) is 4.48 Å². The molecule has 0 radical (unpaired) electrons. The van der Waals surface area contributed by atoms with E-state index in [1.54, 1.807) is 0 Å². The van der Waals surface area contributed by atoms with Gasteiger partial charge in [0, 0.05) is 5.69 Å². The van der Waals surface area contributed by atoms with Gasteiger partial charge in [-0.05, 0) is 24.3 Å². The number of para-hydroxylation sites is 1. The summed E-state index contributed by atoms with van der Waals surface area (Å²) in [5, 5.41) is 0. The molecule has 1 aliphatic heterocycles. The Kier molecular flexibility index (Phi) is 3.95. The second kappa shape index (κ2) is 5.65. The van der Waals surface area contributed by atoms with E-state index >= 15 is 0 Å². The zero-order valence-corrected chi connectivity index (χ0v) is 10.7. The molecule has 3 heteroatoms. The Hall–Kier alpha value is -1.87. The molecule has 0 aromatic heterocycles. The molecule has 0 saturated carbocycles. The Morgan fingerprint density at radius 1 is 1.17 bits per heavy atom. The molecule has 3 nitrogen and oxygen atoms in total. The molecule has 0 aliphatic carbocycles. The molecule has 1 heterocycles. The predicted molar refractivity (Wildman–Crippen MR) is 77.5 cm³/mol. The third-order valence-electron chi connectivity index (χ3n) is 3.14. The Balaban J connectivity index is 2.21. The van der Waals surface area contributed by atoms with E-state index in [9.17, 15) is 0 Å². The lowest BCUT2D eigenvalue weighted by molar-refractivity contribution is -0.824. The fraction of sp³-hybridized carbons (Fsp3) is 0.267. The molecular formula is C15H20N3+. The Labute approximate surface area is 109 Å². The summed E-state index contributed by atoms with van der Waals surface area (Å²) in [5.41, 5.74) is 1.21. The highest BCUT2D eigenvalue weighted by molar-refractivity contribution is 5.53. The minimum absolute atomic E-state index is 0.721. The summed E-state index contributed by atoms with van der Waals surface area (Å²) in [5.74, 6) is 0. The predicted octanol–water partition coefficient (Wildman–Crippen LogP) is 2.64. The van der Waals surface area contributed by atoms with Crippen LogP contribution in [0.2, 0.25) is 0 Å². The molecule has 1 aromatic carbocycles. The minimum atomic E-state index is 0.721. The van der Waals surface area contributed by atoms with Crippen LogP contribution >= 0.6 is 0 Å². The van der Waals surface area contributed by atoms with Gasteiger partial charge < -0.3 is 4.90 Å². The molecule has 1 aliphatic rings. The van der Waals surface area contributed by atoms with Gasteiger partial charge in [0.1, 0.15) is 19.8 Å². The molecule has 2 rings (SSSR count). The lowest BCUT2D eigenvalue weighted by atomic mass is 10.3. The van der Waals surface area contributed by atoms with Crippen LogP contribution in [0.5, 0.6) is 0 Å². The van der Waals surface area contributed by atoms with Crippen molar-refractivity contribution >= 4 is 12.0 Å². The van der Waals surface area contributed by atoms with Crippen LogP contribution in [0.3, 0.4) is 0 Å². The first-order valence-corrected chi connectivity index (χ1v) is 6.18. The zero-order valence-electron chi connectivity index (χ0n) is 10.7. The topological polar surface area (TPSA) is 15.6 Å². The third-order valence-corrected chi connectivity index (χ3v) is 3.14. The van der Waals surface area contributed by atoms with Crippen molar-refractivity contribution in [2.24, 2.45) is 4.99 Å². The smallest absolute Gasteiger partial charge is 0.189 e. The van der Waals surface area contributed by atoms with Crippen molar-refractivity contribution in [1.82, 2.24) is 0 Å². The van der Waals surface area contributed by atoms with E-state index in [0.29, 0.717) is 0 Å². The Bertz CT molecular complexity index is 426. The highest BCUT2D eigenvalue weighted by Crippen LogP contribution is 2.19. The summed E-state index contributed by atoms with van der Waals surface area (Å²) in [6.07, 6.45) is 5.93. The first-order valence-electron chi connectivity index (χ1n) is 6.18. The van der Waals surface area contributed by atoms with Gasteiger partial charge >= 0.3 is 0 Å². The quantitative estimate of drug-likeness (QED) is 0.572. The molecule has 0 amide bonds. The summed E-state index contributed by atoms with van der Waals surface area (Å²) < 4.78 is 0.766.